The van der Waals surface area contributed by atoms with E-state index in [4.69, 9.17) is 12.2 Å². The Morgan fingerprint density at radius 3 is 2.19 bits per heavy atom. The molecule has 0 unspecified atom stereocenters. The molecule has 0 aliphatic heterocycles. The number of thiocarbonyl (C=S) groups is 1. The summed E-state index contributed by atoms with van der Waals surface area (Å²) < 4.78 is 0. The van der Waals surface area contributed by atoms with Gasteiger partial charge in [0, 0.05) is 11.3 Å². The molecule has 0 bridgehead atoms. The van der Waals surface area contributed by atoms with Crippen LogP contribution in [0, 0.1) is 20.8 Å². The molecule has 0 radical (unpaired) electrons. The smallest absolute Gasteiger partial charge is 0.257 e. The maximum absolute atomic E-state index is 12.2. The van der Waals surface area contributed by atoms with Gasteiger partial charge in [0.25, 0.3) is 5.91 Å². The van der Waals surface area contributed by atoms with E-state index >= 15 is 0 Å². The number of hydrogen-bond donors (Lipinski definition) is 2. The Labute approximate surface area is 130 Å². The zero-order chi connectivity index (χ0) is 15.4. The van der Waals surface area contributed by atoms with Gasteiger partial charge in [-0.05, 0) is 56.8 Å². The van der Waals surface area contributed by atoms with Crippen LogP contribution in [0.5, 0.6) is 0 Å². The van der Waals surface area contributed by atoms with Gasteiger partial charge in [-0.25, -0.2) is 0 Å². The maximum Gasteiger partial charge on any atom is 0.257 e. The largest absolute Gasteiger partial charge is 0.332 e. The summed E-state index contributed by atoms with van der Waals surface area (Å²) in [5.41, 5.74) is 4.72. The minimum atomic E-state index is -0.197. The summed E-state index contributed by atoms with van der Waals surface area (Å²) in [5.74, 6) is -0.197. The number of rotatable bonds is 2. The highest BCUT2D eigenvalue weighted by atomic mass is 32.1. The lowest BCUT2D eigenvalue weighted by Crippen LogP contribution is -2.34. The molecule has 0 saturated carbocycles. The Bertz CT molecular complexity index is 678. The molecule has 2 rings (SSSR count). The standard InChI is InChI=1S/C17H18N2OS/c1-11-4-7-14(8-5-11)18-17(21)19-16(20)15-9-6-12(2)10-13(15)3/h4-10H,1-3H3,(H2,18,19,20,21). The zero-order valence-corrected chi connectivity index (χ0v) is 13.2. The Kier molecular flexibility index (Phi) is 4.70. The van der Waals surface area contributed by atoms with Crippen LogP contribution in [-0.2, 0) is 0 Å². The first-order chi connectivity index (χ1) is 9.95. The molecule has 0 heterocycles. The van der Waals surface area contributed by atoms with Crippen molar-refractivity contribution in [3.63, 3.8) is 0 Å². The highest BCUT2D eigenvalue weighted by molar-refractivity contribution is 7.80. The summed E-state index contributed by atoms with van der Waals surface area (Å²) in [7, 11) is 0. The Morgan fingerprint density at radius 1 is 0.952 bits per heavy atom. The summed E-state index contributed by atoms with van der Waals surface area (Å²) in [6, 6.07) is 13.5. The zero-order valence-electron chi connectivity index (χ0n) is 12.4. The van der Waals surface area contributed by atoms with E-state index in [-0.39, 0.29) is 5.91 Å². The van der Waals surface area contributed by atoms with Crippen molar-refractivity contribution in [1.29, 1.82) is 0 Å². The van der Waals surface area contributed by atoms with E-state index < -0.39 is 0 Å². The third-order valence-electron chi connectivity index (χ3n) is 3.16. The normalized spacial score (nSPS) is 10.0. The van der Waals surface area contributed by atoms with Crippen LogP contribution in [0.4, 0.5) is 5.69 Å². The summed E-state index contributed by atoms with van der Waals surface area (Å²) in [6.45, 7) is 5.93. The van der Waals surface area contributed by atoms with E-state index in [9.17, 15) is 4.79 Å². The van der Waals surface area contributed by atoms with Crippen molar-refractivity contribution in [2.75, 3.05) is 5.32 Å². The molecule has 4 heteroatoms. The second-order valence-electron chi connectivity index (χ2n) is 5.09. The molecule has 108 valence electrons. The van der Waals surface area contributed by atoms with Gasteiger partial charge in [0.1, 0.15) is 0 Å². The molecule has 0 fully saturated rings. The van der Waals surface area contributed by atoms with Crippen molar-refractivity contribution < 1.29 is 4.79 Å². The molecule has 0 saturated heterocycles. The topological polar surface area (TPSA) is 41.1 Å². The van der Waals surface area contributed by atoms with E-state index in [1.165, 1.54) is 5.56 Å². The van der Waals surface area contributed by atoms with Gasteiger partial charge in [-0.3, -0.25) is 10.1 Å². The average Bonchev–Trinajstić information content (AvgIpc) is 2.41. The Hall–Kier alpha value is -2.20. The lowest BCUT2D eigenvalue weighted by atomic mass is 10.1. The number of nitrogens with one attached hydrogen (secondary N) is 2. The fourth-order valence-electron chi connectivity index (χ4n) is 2.04. The van der Waals surface area contributed by atoms with Crippen LogP contribution in [0.15, 0.2) is 42.5 Å². The molecule has 3 nitrogen and oxygen atoms in total. The third-order valence-corrected chi connectivity index (χ3v) is 3.37. The first-order valence-electron chi connectivity index (χ1n) is 6.72. The van der Waals surface area contributed by atoms with Crippen LogP contribution >= 0.6 is 12.2 Å². The van der Waals surface area contributed by atoms with Gasteiger partial charge in [-0.15, -0.1) is 0 Å². The van der Waals surface area contributed by atoms with Crippen LogP contribution in [0.2, 0.25) is 0 Å². The van der Waals surface area contributed by atoms with Crippen molar-refractivity contribution >= 4 is 28.9 Å². The summed E-state index contributed by atoms with van der Waals surface area (Å²) in [5, 5.41) is 6.00. The highest BCUT2D eigenvalue weighted by Gasteiger charge is 2.10. The minimum Gasteiger partial charge on any atom is -0.332 e. The predicted molar refractivity (Wildman–Crippen MR) is 90.8 cm³/mol. The lowest BCUT2D eigenvalue weighted by molar-refractivity contribution is 0.0977. The van der Waals surface area contributed by atoms with Gasteiger partial charge >= 0.3 is 0 Å². The SMILES string of the molecule is Cc1ccc(NC(=S)NC(=O)c2ccc(C)cc2C)cc1. The number of benzene rings is 2. The quantitative estimate of drug-likeness (QED) is 0.830. The first kappa shape index (κ1) is 15.2. The average molecular weight is 298 g/mol. The molecule has 2 N–H and O–H groups in total. The minimum absolute atomic E-state index is 0.197. The van der Waals surface area contributed by atoms with Gasteiger partial charge in [0.2, 0.25) is 0 Å². The van der Waals surface area contributed by atoms with Crippen LogP contribution in [0.1, 0.15) is 27.0 Å². The molecule has 0 aliphatic rings. The van der Waals surface area contributed by atoms with Crippen molar-refractivity contribution in [2.45, 2.75) is 20.8 Å². The fourth-order valence-corrected chi connectivity index (χ4v) is 2.25. The van der Waals surface area contributed by atoms with Crippen molar-refractivity contribution in [3.05, 3.63) is 64.7 Å². The molecule has 0 aliphatic carbocycles. The number of amides is 1. The van der Waals surface area contributed by atoms with E-state index in [0.717, 1.165) is 16.8 Å². The molecule has 1 amide bonds. The molecule has 0 atom stereocenters. The highest BCUT2D eigenvalue weighted by Crippen LogP contribution is 2.11. The van der Waals surface area contributed by atoms with Crippen molar-refractivity contribution in [1.82, 2.24) is 5.32 Å². The van der Waals surface area contributed by atoms with Crippen LogP contribution in [-0.4, -0.2) is 11.0 Å². The summed E-state index contributed by atoms with van der Waals surface area (Å²) in [6.07, 6.45) is 0. The van der Waals surface area contributed by atoms with Crippen LogP contribution in [0.25, 0.3) is 0 Å². The van der Waals surface area contributed by atoms with Gasteiger partial charge < -0.3 is 5.32 Å². The predicted octanol–water partition coefficient (Wildman–Crippen LogP) is 3.74. The van der Waals surface area contributed by atoms with Gasteiger partial charge in [0.15, 0.2) is 5.11 Å². The molecule has 0 aromatic heterocycles. The molecular weight excluding hydrogens is 280 g/mol. The second kappa shape index (κ2) is 6.50. The molecule has 0 spiro atoms. The lowest BCUT2D eigenvalue weighted by Gasteiger charge is -2.11. The molecule has 2 aromatic rings. The number of anilines is 1. The van der Waals surface area contributed by atoms with Gasteiger partial charge in [-0.1, -0.05) is 35.4 Å². The summed E-state index contributed by atoms with van der Waals surface area (Å²) >= 11 is 5.17. The van der Waals surface area contributed by atoms with E-state index in [1.54, 1.807) is 0 Å². The van der Waals surface area contributed by atoms with E-state index in [2.05, 4.69) is 10.6 Å². The van der Waals surface area contributed by atoms with E-state index in [1.807, 2.05) is 63.2 Å². The molecule has 21 heavy (non-hydrogen) atoms. The Morgan fingerprint density at radius 2 is 1.57 bits per heavy atom. The van der Waals surface area contributed by atoms with Crippen molar-refractivity contribution in [3.8, 4) is 0 Å². The van der Waals surface area contributed by atoms with Crippen LogP contribution < -0.4 is 10.6 Å². The maximum atomic E-state index is 12.2. The molecule has 2 aromatic carbocycles. The number of carbonyl (C=O) groups is 1. The van der Waals surface area contributed by atoms with Crippen molar-refractivity contribution in [2.24, 2.45) is 0 Å². The van der Waals surface area contributed by atoms with E-state index in [0.29, 0.717) is 10.7 Å². The number of aryl methyl sites for hydroxylation is 3. The van der Waals surface area contributed by atoms with Crippen LogP contribution in [0.3, 0.4) is 0 Å². The fraction of sp³-hybridized carbons (Fsp3) is 0.176. The summed E-state index contributed by atoms with van der Waals surface area (Å²) in [4.78, 5) is 12.2. The first-order valence-corrected chi connectivity index (χ1v) is 7.13. The van der Waals surface area contributed by atoms with Gasteiger partial charge in [-0.2, -0.15) is 0 Å². The second-order valence-corrected chi connectivity index (χ2v) is 5.50. The third kappa shape index (κ3) is 4.13. The van der Waals surface area contributed by atoms with Gasteiger partial charge in [0.05, 0.1) is 0 Å². The monoisotopic (exact) mass is 298 g/mol. The Balaban J connectivity index is 2.02. The number of hydrogen-bond acceptors (Lipinski definition) is 2. The molecular formula is C17H18N2OS. The number of carbonyl (C=O) groups excluding carboxylic acids is 1.